The van der Waals surface area contributed by atoms with Crippen molar-refractivity contribution in [3.63, 3.8) is 0 Å². The highest BCUT2D eigenvalue weighted by atomic mass is 32.2. The van der Waals surface area contributed by atoms with Crippen molar-refractivity contribution in [2.45, 2.75) is 63.3 Å². The van der Waals surface area contributed by atoms with E-state index in [0.29, 0.717) is 12.1 Å². The molecule has 1 amide bonds. The minimum absolute atomic E-state index is 0.00304. The predicted molar refractivity (Wildman–Crippen MR) is 91.0 cm³/mol. The maximum absolute atomic E-state index is 12.6. The van der Waals surface area contributed by atoms with Crippen LogP contribution in [0.4, 0.5) is 0 Å². The SMILES string of the molecule is CCNC(=O)c1cc(S(=O)(=O)NC2CCCCCC2)ccc1C. The van der Waals surface area contributed by atoms with Crippen molar-refractivity contribution in [3.05, 3.63) is 29.3 Å². The molecule has 1 fully saturated rings. The number of hydrogen-bond donors (Lipinski definition) is 2. The lowest BCUT2D eigenvalue weighted by molar-refractivity contribution is 0.0955. The minimum atomic E-state index is -3.59. The molecule has 1 saturated carbocycles. The molecule has 128 valence electrons. The number of hydrogen-bond acceptors (Lipinski definition) is 3. The summed E-state index contributed by atoms with van der Waals surface area (Å²) in [4.78, 5) is 12.2. The summed E-state index contributed by atoms with van der Waals surface area (Å²) in [6, 6.07) is 4.72. The average molecular weight is 338 g/mol. The van der Waals surface area contributed by atoms with E-state index in [9.17, 15) is 13.2 Å². The maximum Gasteiger partial charge on any atom is 0.251 e. The molecule has 0 aliphatic heterocycles. The Balaban J connectivity index is 2.21. The van der Waals surface area contributed by atoms with Crippen molar-refractivity contribution in [3.8, 4) is 0 Å². The largest absolute Gasteiger partial charge is 0.352 e. The van der Waals surface area contributed by atoms with Crippen molar-refractivity contribution < 1.29 is 13.2 Å². The van der Waals surface area contributed by atoms with Gasteiger partial charge in [0.25, 0.3) is 5.91 Å². The Bertz CT molecular complexity index is 648. The molecule has 0 saturated heterocycles. The zero-order valence-corrected chi connectivity index (χ0v) is 14.7. The fourth-order valence-electron chi connectivity index (χ4n) is 2.95. The van der Waals surface area contributed by atoms with Gasteiger partial charge in [-0.15, -0.1) is 0 Å². The Labute approximate surface area is 138 Å². The third-order valence-corrected chi connectivity index (χ3v) is 5.80. The number of carbonyl (C=O) groups is 1. The van der Waals surface area contributed by atoms with E-state index in [2.05, 4.69) is 10.0 Å². The number of benzene rings is 1. The molecule has 1 aliphatic rings. The van der Waals surface area contributed by atoms with Crippen LogP contribution in [-0.4, -0.2) is 26.9 Å². The van der Waals surface area contributed by atoms with E-state index in [-0.39, 0.29) is 16.8 Å². The van der Waals surface area contributed by atoms with Crippen LogP contribution in [0.15, 0.2) is 23.1 Å². The van der Waals surface area contributed by atoms with Gasteiger partial charge in [-0.3, -0.25) is 4.79 Å². The predicted octanol–water partition coefficient (Wildman–Crippen LogP) is 2.75. The van der Waals surface area contributed by atoms with Crippen LogP contribution in [0.5, 0.6) is 0 Å². The molecule has 5 nitrogen and oxygen atoms in total. The molecule has 0 unspecified atom stereocenters. The fourth-order valence-corrected chi connectivity index (χ4v) is 4.28. The molecule has 6 heteroatoms. The Kier molecular flexibility index (Phi) is 6.18. The van der Waals surface area contributed by atoms with Gasteiger partial charge in [0.15, 0.2) is 0 Å². The van der Waals surface area contributed by atoms with E-state index in [1.54, 1.807) is 19.1 Å². The number of rotatable bonds is 5. The Hall–Kier alpha value is -1.40. The van der Waals surface area contributed by atoms with E-state index in [1.807, 2.05) is 6.92 Å². The van der Waals surface area contributed by atoms with Gasteiger partial charge in [0.05, 0.1) is 4.90 Å². The van der Waals surface area contributed by atoms with Crippen LogP contribution < -0.4 is 10.0 Å². The first-order valence-electron chi connectivity index (χ1n) is 8.35. The van der Waals surface area contributed by atoms with E-state index in [4.69, 9.17) is 0 Å². The van der Waals surface area contributed by atoms with Gasteiger partial charge >= 0.3 is 0 Å². The second-order valence-electron chi connectivity index (χ2n) is 6.15. The third-order valence-electron chi connectivity index (χ3n) is 4.28. The van der Waals surface area contributed by atoms with Crippen molar-refractivity contribution in [1.82, 2.24) is 10.0 Å². The number of amides is 1. The van der Waals surface area contributed by atoms with Crippen LogP contribution in [0.1, 0.15) is 61.4 Å². The molecule has 0 spiro atoms. The monoisotopic (exact) mass is 338 g/mol. The summed E-state index contributed by atoms with van der Waals surface area (Å²) in [5.74, 6) is -0.239. The number of nitrogens with one attached hydrogen (secondary N) is 2. The van der Waals surface area contributed by atoms with Gasteiger partial charge in [-0.25, -0.2) is 13.1 Å². The summed E-state index contributed by atoms with van der Waals surface area (Å²) in [5, 5.41) is 2.72. The molecule has 0 atom stereocenters. The number of sulfonamides is 1. The smallest absolute Gasteiger partial charge is 0.251 e. The summed E-state index contributed by atoms with van der Waals surface area (Å²) in [7, 11) is -3.59. The van der Waals surface area contributed by atoms with Crippen LogP contribution in [0, 0.1) is 6.92 Å². The van der Waals surface area contributed by atoms with Crippen LogP contribution in [0.25, 0.3) is 0 Å². The van der Waals surface area contributed by atoms with Gasteiger partial charge in [0, 0.05) is 18.2 Å². The first-order valence-corrected chi connectivity index (χ1v) is 9.83. The van der Waals surface area contributed by atoms with Gasteiger partial charge < -0.3 is 5.32 Å². The molecular weight excluding hydrogens is 312 g/mol. The van der Waals surface area contributed by atoms with E-state index in [1.165, 1.54) is 18.9 Å². The van der Waals surface area contributed by atoms with E-state index < -0.39 is 10.0 Å². The lowest BCUT2D eigenvalue weighted by atomic mass is 10.1. The van der Waals surface area contributed by atoms with Gasteiger partial charge in [-0.05, 0) is 44.4 Å². The summed E-state index contributed by atoms with van der Waals surface area (Å²) < 4.78 is 28.0. The van der Waals surface area contributed by atoms with Gasteiger partial charge in [0.1, 0.15) is 0 Å². The van der Waals surface area contributed by atoms with Gasteiger partial charge in [-0.2, -0.15) is 0 Å². The Morgan fingerprint density at radius 1 is 1.17 bits per heavy atom. The zero-order valence-electron chi connectivity index (χ0n) is 13.9. The van der Waals surface area contributed by atoms with Crippen LogP contribution in [0.3, 0.4) is 0 Å². The van der Waals surface area contributed by atoms with Crippen molar-refractivity contribution in [1.29, 1.82) is 0 Å². The molecule has 2 N–H and O–H groups in total. The van der Waals surface area contributed by atoms with Crippen LogP contribution in [-0.2, 0) is 10.0 Å². The molecule has 2 rings (SSSR count). The average Bonchev–Trinajstić information content (AvgIpc) is 2.75. The highest BCUT2D eigenvalue weighted by molar-refractivity contribution is 7.89. The first-order chi connectivity index (χ1) is 10.9. The second-order valence-corrected chi connectivity index (χ2v) is 7.86. The van der Waals surface area contributed by atoms with Crippen LogP contribution in [0.2, 0.25) is 0 Å². The molecule has 1 aromatic rings. The molecule has 0 bridgehead atoms. The molecule has 0 aromatic heterocycles. The van der Waals surface area contributed by atoms with Crippen molar-refractivity contribution in [2.24, 2.45) is 0 Å². The minimum Gasteiger partial charge on any atom is -0.352 e. The zero-order chi connectivity index (χ0) is 16.9. The van der Waals surface area contributed by atoms with E-state index >= 15 is 0 Å². The summed E-state index contributed by atoms with van der Waals surface area (Å²) >= 11 is 0. The molecule has 23 heavy (non-hydrogen) atoms. The molecule has 0 radical (unpaired) electrons. The summed E-state index contributed by atoms with van der Waals surface area (Å²) in [6.07, 6.45) is 6.23. The normalized spacial score (nSPS) is 16.8. The molecular formula is C17H26N2O3S. The molecule has 1 aromatic carbocycles. The van der Waals surface area contributed by atoms with Crippen molar-refractivity contribution >= 4 is 15.9 Å². The standard InChI is InChI=1S/C17H26N2O3S/c1-3-18-17(20)16-12-15(11-10-13(16)2)23(21,22)19-14-8-6-4-5-7-9-14/h10-12,14,19H,3-9H2,1-2H3,(H,18,20). The lowest BCUT2D eigenvalue weighted by Crippen LogP contribution is -2.34. The number of carbonyl (C=O) groups excluding carboxylic acids is 1. The lowest BCUT2D eigenvalue weighted by Gasteiger charge is -2.17. The van der Waals surface area contributed by atoms with E-state index in [0.717, 1.165) is 31.2 Å². The quantitative estimate of drug-likeness (QED) is 0.811. The maximum atomic E-state index is 12.6. The molecule has 0 heterocycles. The third kappa shape index (κ3) is 4.78. The first kappa shape index (κ1) is 17.9. The highest BCUT2D eigenvalue weighted by Crippen LogP contribution is 2.21. The topological polar surface area (TPSA) is 75.3 Å². The number of aryl methyl sites for hydroxylation is 1. The molecule has 1 aliphatic carbocycles. The van der Waals surface area contributed by atoms with Gasteiger partial charge in [0.2, 0.25) is 10.0 Å². The Morgan fingerprint density at radius 3 is 2.43 bits per heavy atom. The highest BCUT2D eigenvalue weighted by Gasteiger charge is 2.22. The summed E-state index contributed by atoms with van der Waals surface area (Å²) in [6.45, 7) is 4.15. The fraction of sp³-hybridized carbons (Fsp3) is 0.588. The van der Waals surface area contributed by atoms with Crippen LogP contribution >= 0.6 is 0 Å². The second kappa shape index (κ2) is 7.93. The summed E-state index contributed by atoms with van der Waals surface area (Å²) in [5.41, 5.74) is 1.18. The van der Waals surface area contributed by atoms with Crippen molar-refractivity contribution in [2.75, 3.05) is 6.54 Å². The Morgan fingerprint density at radius 2 is 1.83 bits per heavy atom. The van der Waals surface area contributed by atoms with Gasteiger partial charge in [-0.1, -0.05) is 31.7 Å².